The number of pyridine rings is 1. The molecule has 1 amide bonds. The van der Waals surface area contributed by atoms with Crippen LogP contribution in [0.4, 0.5) is 5.69 Å². The largest absolute Gasteiger partial charge is 0.384 e. The maximum absolute atomic E-state index is 12.5. The molecule has 1 unspecified atom stereocenters. The van der Waals surface area contributed by atoms with Crippen LogP contribution in [-0.2, 0) is 0 Å². The number of carbonyl (C=O) groups is 1. The summed E-state index contributed by atoms with van der Waals surface area (Å²) in [4.78, 5) is 18.5. The molecule has 0 radical (unpaired) electrons. The van der Waals surface area contributed by atoms with E-state index in [1.54, 1.807) is 11.1 Å². The van der Waals surface area contributed by atoms with Crippen LogP contribution in [0.2, 0.25) is 0 Å². The van der Waals surface area contributed by atoms with Crippen LogP contribution >= 0.6 is 0 Å². The van der Waals surface area contributed by atoms with Crippen LogP contribution in [0.5, 0.6) is 0 Å². The van der Waals surface area contributed by atoms with Crippen LogP contribution in [0.15, 0.2) is 12.3 Å². The highest BCUT2D eigenvalue weighted by atomic mass is 16.2. The molecule has 4 nitrogen and oxygen atoms in total. The van der Waals surface area contributed by atoms with Crippen LogP contribution in [0.25, 0.3) is 0 Å². The van der Waals surface area contributed by atoms with Gasteiger partial charge in [0, 0.05) is 31.5 Å². The summed E-state index contributed by atoms with van der Waals surface area (Å²) >= 11 is 0. The highest BCUT2D eigenvalue weighted by Crippen LogP contribution is 2.19. The fourth-order valence-corrected chi connectivity index (χ4v) is 1.80. The fourth-order valence-electron chi connectivity index (χ4n) is 1.80. The molecule has 1 aromatic rings. The van der Waals surface area contributed by atoms with Gasteiger partial charge in [0.2, 0.25) is 0 Å². The first-order valence-corrected chi connectivity index (χ1v) is 6.98. The first kappa shape index (κ1) is 15.5. The predicted octanol–water partition coefficient (Wildman–Crippen LogP) is 3.08. The normalized spacial score (nSPS) is 12.1. The lowest BCUT2D eigenvalue weighted by Gasteiger charge is -2.25. The van der Waals surface area contributed by atoms with Crippen LogP contribution in [0.3, 0.4) is 0 Å². The molecule has 0 fully saturated rings. The molecule has 19 heavy (non-hydrogen) atoms. The second-order valence-electron chi connectivity index (χ2n) is 4.97. The number of nitrogens with one attached hydrogen (secondary N) is 1. The standard InChI is InChI=1S/C15H25N3O/c1-6-8-16-14-9-11(3)17-10-13(14)15(19)18(5)12(4)7-2/h9-10,12H,6-8H2,1-5H3,(H,16,17). The molecule has 0 aromatic carbocycles. The zero-order chi connectivity index (χ0) is 14.4. The second kappa shape index (κ2) is 7.12. The number of aryl methyl sites for hydroxylation is 1. The topological polar surface area (TPSA) is 45.2 Å². The van der Waals surface area contributed by atoms with Crippen LogP contribution in [-0.4, -0.2) is 35.4 Å². The third-order valence-electron chi connectivity index (χ3n) is 3.41. The highest BCUT2D eigenvalue weighted by molar-refractivity contribution is 5.99. The van der Waals surface area contributed by atoms with Gasteiger partial charge in [0.15, 0.2) is 0 Å². The van der Waals surface area contributed by atoms with Crippen molar-refractivity contribution in [2.45, 2.75) is 46.6 Å². The molecular weight excluding hydrogens is 238 g/mol. The maximum Gasteiger partial charge on any atom is 0.257 e. The number of anilines is 1. The smallest absolute Gasteiger partial charge is 0.257 e. The van der Waals surface area contributed by atoms with Gasteiger partial charge in [-0.05, 0) is 32.8 Å². The Hall–Kier alpha value is -1.58. The Bertz CT molecular complexity index is 431. The minimum absolute atomic E-state index is 0.0282. The summed E-state index contributed by atoms with van der Waals surface area (Å²) in [5, 5.41) is 3.31. The van der Waals surface area contributed by atoms with Gasteiger partial charge in [0.25, 0.3) is 5.91 Å². The van der Waals surface area contributed by atoms with E-state index in [4.69, 9.17) is 0 Å². The number of hydrogen-bond donors (Lipinski definition) is 1. The van der Waals surface area contributed by atoms with E-state index in [2.05, 4.69) is 31.1 Å². The molecule has 0 bridgehead atoms. The lowest BCUT2D eigenvalue weighted by molar-refractivity contribution is 0.0741. The highest BCUT2D eigenvalue weighted by Gasteiger charge is 2.19. The van der Waals surface area contributed by atoms with E-state index in [-0.39, 0.29) is 11.9 Å². The number of aromatic nitrogens is 1. The quantitative estimate of drug-likeness (QED) is 0.858. The molecule has 0 saturated heterocycles. The Kier molecular flexibility index (Phi) is 5.80. The number of amides is 1. The monoisotopic (exact) mass is 263 g/mol. The van der Waals surface area contributed by atoms with Gasteiger partial charge < -0.3 is 10.2 Å². The van der Waals surface area contributed by atoms with Crippen LogP contribution < -0.4 is 5.32 Å². The first-order valence-electron chi connectivity index (χ1n) is 6.98. The molecule has 106 valence electrons. The van der Waals surface area contributed by atoms with Crippen molar-refractivity contribution in [3.8, 4) is 0 Å². The van der Waals surface area contributed by atoms with Crippen molar-refractivity contribution in [2.24, 2.45) is 0 Å². The third kappa shape index (κ3) is 3.94. The molecule has 0 saturated carbocycles. The van der Waals surface area contributed by atoms with Gasteiger partial charge in [0.1, 0.15) is 0 Å². The Labute approximate surface area is 116 Å². The average Bonchev–Trinajstić information content (AvgIpc) is 2.42. The summed E-state index contributed by atoms with van der Waals surface area (Å²) in [6, 6.07) is 2.17. The number of hydrogen-bond acceptors (Lipinski definition) is 3. The second-order valence-corrected chi connectivity index (χ2v) is 4.97. The first-order chi connectivity index (χ1) is 9.01. The van der Waals surface area contributed by atoms with Crippen molar-refractivity contribution >= 4 is 11.6 Å². The zero-order valence-corrected chi connectivity index (χ0v) is 12.7. The SMILES string of the molecule is CCCNc1cc(C)ncc1C(=O)N(C)C(C)CC. The number of nitrogens with zero attached hydrogens (tertiary/aromatic N) is 2. The van der Waals surface area contributed by atoms with E-state index in [0.717, 1.165) is 30.8 Å². The van der Waals surface area contributed by atoms with Crippen molar-refractivity contribution in [3.05, 3.63) is 23.5 Å². The van der Waals surface area contributed by atoms with Gasteiger partial charge in [-0.15, -0.1) is 0 Å². The van der Waals surface area contributed by atoms with E-state index in [9.17, 15) is 4.79 Å². The summed E-state index contributed by atoms with van der Waals surface area (Å²) in [7, 11) is 1.85. The Morgan fingerprint density at radius 2 is 2.16 bits per heavy atom. The molecule has 1 aromatic heterocycles. The van der Waals surface area contributed by atoms with Gasteiger partial charge in [-0.1, -0.05) is 13.8 Å². The van der Waals surface area contributed by atoms with Gasteiger partial charge in [-0.25, -0.2) is 0 Å². The molecule has 4 heteroatoms. The average molecular weight is 263 g/mol. The van der Waals surface area contributed by atoms with Crippen LogP contribution in [0, 0.1) is 6.92 Å². The summed E-state index contributed by atoms with van der Waals surface area (Å²) in [6.07, 6.45) is 3.64. The minimum Gasteiger partial charge on any atom is -0.384 e. The summed E-state index contributed by atoms with van der Waals surface area (Å²) in [5.74, 6) is 0.0282. The molecule has 0 aliphatic carbocycles. The molecule has 0 spiro atoms. The predicted molar refractivity (Wildman–Crippen MR) is 79.6 cm³/mol. The van der Waals surface area contributed by atoms with E-state index < -0.39 is 0 Å². The van der Waals surface area contributed by atoms with E-state index in [0.29, 0.717) is 5.56 Å². The number of rotatable bonds is 6. The lowest BCUT2D eigenvalue weighted by Crippen LogP contribution is -2.35. The molecule has 1 atom stereocenters. The van der Waals surface area contributed by atoms with Crippen molar-refractivity contribution in [3.63, 3.8) is 0 Å². The lowest BCUT2D eigenvalue weighted by atomic mass is 10.1. The van der Waals surface area contributed by atoms with E-state index >= 15 is 0 Å². The van der Waals surface area contributed by atoms with Crippen molar-refractivity contribution < 1.29 is 4.79 Å². The zero-order valence-electron chi connectivity index (χ0n) is 12.7. The molecule has 0 aliphatic heterocycles. The van der Waals surface area contributed by atoms with Gasteiger partial charge in [-0.3, -0.25) is 9.78 Å². The van der Waals surface area contributed by atoms with Gasteiger partial charge in [-0.2, -0.15) is 0 Å². The fraction of sp³-hybridized carbons (Fsp3) is 0.600. The van der Waals surface area contributed by atoms with E-state index in [1.807, 2.05) is 20.0 Å². The van der Waals surface area contributed by atoms with Gasteiger partial charge in [0.05, 0.1) is 11.3 Å². The molecule has 1 heterocycles. The Morgan fingerprint density at radius 1 is 1.47 bits per heavy atom. The third-order valence-corrected chi connectivity index (χ3v) is 3.41. The summed E-state index contributed by atoms with van der Waals surface area (Å²) in [6.45, 7) is 9.03. The van der Waals surface area contributed by atoms with Gasteiger partial charge >= 0.3 is 0 Å². The van der Waals surface area contributed by atoms with Crippen molar-refractivity contribution in [1.29, 1.82) is 0 Å². The Morgan fingerprint density at radius 3 is 2.74 bits per heavy atom. The molecule has 1 N–H and O–H groups in total. The van der Waals surface area contributed by atoms with Crippen molar-refractivity contribution in [1.82, 2.24) is 9.88 Å². The summed E-state index contributed by atoms with van der Waals surface area (Å²) in [5.41, 5.74) is 2.46. The summed E-state index contributed by atoms with van der Waals surface area (Å²) < 4.78 is 0. The van der Waals surface area contributed by atoms with Crippen LogP contribution in [0.1, 0.15) is 49.7 Å². The molecule has 1 rings (SSSR count). The van der Waals surface area contributed by atoms with E-state index in [1.165, 1.54) is 0 Å². The molecule has 0 aliphatic rings. The number of carbonyl (C=O) groups excluding carboxylic acids is 1. The Balaban J connectivity index is 3.01. The minimum atomic E-state index is 0.0282. The van der Waals surface area contributed by atoms with Crippen molar-refractivity contribution in [2.75, 3.05) is 18.9 Å². The maximum atomic E-state index is 12.5. The molecular formula is C15H25N3O.